The lowest BCUT2D eigenvalue weighted by Gasteiger charge is -2.50. The quantitative estimate of drug-likeness (QED) is 0.248. The second kappa shape index (κ2) is 10.8. The van der Waals surface area contributed by atoms with Crippen molar-refractivity contribution in [3.63, 3.8) is 0 Å². The zero-order chi connectivity index (χ0) is 24.2. The minimum absolute atomic E-state index is 0.0671. The Morgan fingerprint density at radius 1 is 0.941 bits per heavy atom. The molecule has 2 unspecified atom stereocenters. The van der Waals surface area contributed by atoms with Gasteiger partial charge in [-0.15, -0.1) is 0 Å². The van der Waals surface area contributed by atoms with Gasteiger partial charge < -0.3 is 9.26 Å². The van der Waals surface area contributed by atoms with Gasteiger partial charge in [0.15, 0.2) is 0 Å². The second-order valence-electron chi connectivity index (χ2n) is 8.60. The van der Waals surface area contributed by atoms with E-state index in [1.165, 1.54) is 4.67 Å². The molecule has 0 bridgehead atoms. The van der Waals surface area contributed by atoms with Crippen LogP contribution in [0.3, 0.4) is 0 Å². The van der Waals surface area contributed by atoms with Crippen LogP contribution in [0.2, 0.25) is 0 Å². The maximum Gasteiger partial charge on any atom is 0.362 e. The van der Waals surface area contributed by atoms with Gasteiger partial charge in [0, 0.05) is 19.1 Å². The number of benzene rings is 3. The Hall–Kier alpha value is -1.92. The topological polar surface area (TPSA) is 42.0 Å². The molecule has 0 N–H and O–H groups in total. The van der Waals surface area contributed by atoms with E-state index < -0.39 is 24.5 Å². The number of hydrogen-bond acceptors (Lipinski definition) is 4. The van der Waals surface area contributed by atoms with E-state index in [2.05, 4.69) is 77.7 Å². The largest absolute Gasteiger partial charge is 0.380 e. The number of rotatable bonds is 8. The molecule has 1 aliphatic rings. The van der Waals surface area contributed by atoms with Gasteiger partial charge in [-0.3, -0.25) is 9.46 Å². The highest BCUT2D eigenvalue weighted by atomic mass is 35.7. The summed E-state index contributed by atoms with van der Waals surface area (Å²) in [5.41, 5.74) is 2.75. The smallest absolute Gasteiger partial charge is 0.362 e. The van der Waals surface area contributed by atoms with Crippen LogP contribution < -0.4 is 0 Å². The molecule has 34 heavy (non-hydrogen) atoms. The maximum atomic E-state index is 12.5. The fourth-order valence-electron chi connectivity index (χ4n) is 4.61. The Morgan fingerprint density at radius 2 is 1.38 bits per heavy atom. The van der Waals surface area contributed by atoms with Gasteiger partial charge in [0.2, 0.25) is 0 Å². The van der Waals surface area contributed by atoms with Gasteiger partial charge >= 0.3 is 6.87 Å². The van der Waals surface area contributed by atoms with Gasteiger partial charge in [0.1, 0.15) is 7.85 Å². The summed E-state index contributed by atoms with van der Waals surface area (Å²) in [6.45, 7) is -2.34. The summed E-state index contributed by atoms with van der Waals surface area (Å²) in [4.78, 5) is 2.34. The number of nitrogens with zero attached hydrogens (tertiary/aromatic N) is 2. The Kier molecular flexibility index (Phi) is 7.99. The highest BCUT2D eigenvalue weighted by Crippen LogP contribution is 2.54. The first-order valence-corrected chi connectivity index (χ1v) is 13.8. The molecule has 0 spiro atoms. The fraction of sp³-hybridized carbons (Fsp3) is 0.308. The lowest BCUT2D eigenvalue weighted by Crippen LogP contribution is -2.58. The average Bonchev–Trinajstić information content (AvgIpc) is 2.85. The molecule has 0 saturated carbocycles. The van der Waals surface area contributed by atoms with E-state index in [1.54, 1.807) is 14.1 Å². The van der Waals surface area contributed by atoms with Crippen molar-refractivity contribution in [2.75, 3.05) is 33.8 Å². The maximum absolute atomic E-state index is 12.5. The van der Waals surface area contributed by atoms with Crippen molar-refractivity contribution >= 4 is 26.0 Å². The third kappa shape index (κ3) is 5.18. The van der Waals surface area contributed by atoms with Crippen molar-refractivity contribution in [1.29, 1.82) is 0 Å². The van der Waals surface area contributed by atoms with E-state index in [1.807, 2.05) is 18.2 Å². The van der Waals surface area contributed by atoms with Gasteiger partial charge in [0.25, 0.3) is 0 Å². The van der Waals surface area contributed by atoms with Gasteiger partial charge in [-0.25, -0.2) is 4.67 Å². The first-order valence-electron chi connectivity index (χ1n) is 11.3. The first-order chi connectivity index (χ1) is 16.3. The number of hydrogen-bond donors (Lipinski definition) is 0. The first kappa shape index (κ1) is 25.2. The predicted molar refractivity (Wildman–Crippen MR) is 138 cm³/mol. The summed E-state index contributed by atoms with van der Waals surface area (Å²) in [5, 5.41) is 0. The summed E-state index contributed by atoms with van der Waals surface area (Å²) in [6, 6.07) is 30.7. The summed E-state index contributed by atoms with van der Waals surface area (Å²) < 4.78 is 25.5. The lowest BCUT2D eigenvalue weighted by molar-refractivity contribution is -0.0868. The van der Waals surface area contributed by atoms with Crippen molar-refractivity contribution in [2.24, 2.45) is 0 Å². The van der Waals surface area contributed by atoms with Crippen molar-refractivity contribution in [2.45, 2.75) is 17.6 Å². The normalized spacial score (nSPS) is 21.3. The Morgan fingerprint density at radius 3 is 1.79 bits per heavy atom. The van der Waals surface area contributed by atoms with Crippen LogP contribution in [0.1, 0.15) is 16.7 Å². The molecule has 1 heterocycles. The van der Waals surface area contributed by atoms with Gasteiger partial charge in [-0.05, 0) is 42.0 Å². The highest BCUT2D eigenvalue weighted by molar-refractivity contribution is 7.83. The van der Waals surface area contributed by atoms with Crippen LogP contribution in [0.15, 0.2) is 91.0 Å². The SMILES string of the molecule is [B][C@H]1CN(C(c2ccccc2)(c2ccccc2)c2ccccc2)CC(COP(=O)(Cl)N(C)C)O1. The summed E-state index contributed by atoms with van der Waals surface area (Å²) in [5.74, 6) is 0. The molecule has 1 fully saturated rings. The van der Waals surface area contributed by atoms with E-state index >= 15 is 0 Å². The number of morpholine rings is 1. The molecule has 0 aromatic heterocycles. The monoisotopic (exact) mass is 494 g/mol. The molecule has 0 amide bonds. The number of ether oxygens (including phenoxy) is 1. The van der Waals surface area contributed by atoms with E-state index in [9.17, 15) is 4.57 Å². The molecule has 3 atom stereocenters. The summed E-state index contributed by atoms with van der Waals surface area (Å²) in [6.07, 6.45) is -0.411. The summed E-state index contributed by atoms with van der Waals surface area (Å²) >= 11 is 6.10. The van der Waals surface area contributed by atoms with Crippen LogP contribution in [0.25, 0.3) is 0 Å². The molecule has 5 nitrogen and oxygen atoms in total. The van der Waals surface area contributed by atoms with Crippen LogP contribution in [0.4, 0.5) is 0 Å². The van der Waals surface area contributed by atoms with Crippen molar-refractivity contribution < 1.29 is 13.8 Å². The van der Waals surface area contributed by atoms with Crippen LogP contribution in [0, 0.1) is 0 Å². The molecular formula is C26H29BClN2O3P. The van der Waals surface area contributed by atoms with Crippen molar-refractivity contribution in [1.82, 2.24) is 9.57 Å². The molecule has 3 aromatic rings. The molecule has 4 rings (SSSR count). The third-order valence-electron chi connectivity index (χ3n) is 6.14. The average molecular weight is 495 g/mol. The van der Waals surface area contributed by atoms with E-state index in [4.69, 9.17) is 28.3 Å². The van der Waals surface area contributed by atoms with Crippen molar-refractivity contribution in [3.8, 4) is 0 Å². The molecule has 3 aromatic carbocycles. The van der Waals surface area contributed by atoms with Crippen LogP contribution in [-0.4, -0.2) is 63.3 Å². The molecule has 0 aliphatic carbocycles. The van der Waals surface area contributed by atoms with Crippen molar-refractivity contribution in [3.05, 3.63) is 108 Å². The minimum Gasteiger partial charge on any atom is -0.380 e. The highest BCUT2D eigenvalue weighted by Gasteiger charge is 2.45. The van der Waals surface area contributed by atoms with E-state index in [-0.39, 0.29) is 6.61 Å². The molecule has 1 aliphatic heterocycles. The second-order valence-corrected chi connectivity index (χ2v) is 11.8. The Bertz CT molecular complexity index is 1010. The lowest BCUT2D eigenvalue weighted by atomic mass is 9.74. The molecule has 8 heteroatoms. The van der Waals surface area contributed by atoms with Crippen LogP contribution >= 0.6 is 18.1 Å². The number of halogens is 1. The van der Waals surface area contributed by atoms with Gasteiger partial charge in [-0.1, -0.05) is 91.0 Å². The molecule has 1 saturated heterocycles. The summed E-state index contributed by atoms with van der Waals surface area (Å²) in [7, 11) is 9.66. The standard InChI is InChI=1S/C26H29BClN2O3P/c1-29(2)34(28,31)32-20-24-18-30(19-25(27)33-24)26(21-12-6-3-7-13-21,22-14-8-4-9-15-22)23-16-10-5-11-17-23/h3-17,24-25H,18-20H2,1-2H3/t24?,25-,34?/m1/s1. The molecule has 176 valence electrons. The van der Waals surface area contributed by atoms with Crippen LogP contribution in [0.5, 0.6) is 0 Å². The third-order valence-corrected chi connectivity index (χ3v) is 8.76. The van der Waals surface area contributed by atoms with E-state index in [0.717, 1.165) is 16.7 Å². The van der Waals surface area contributed by atoms with E-state index in [0.29, 0.717) is 13.1 Å². The molecular weight excluding hydrogens is 466 g/mol. The Labute approximate surface area is 208 Å². The molecule has 2 radical (unpaired) electrons. The Balaban J connectivity index is 1.81. The predicted octanol–water partition coefficient (Wildman–Crippen LogP) is 5.10. The zero-order valence-corrected chi connectivity index (χ0v) is 21.1. The minimum atomic E-state index is -3.42. The van der Waals surface area contributed by atoms with Crippen LogP contribution in [-0.2, 0) is 19.4 Å². The van der Waals surface area contributed by atoms with Gasteiger partial charge in [-0.2, -0.15) is 0 Å². The fourth-order valence-corrected chi connectivity index (χ4v) is 5.36. The zero-order valence-electron chi connectivity index (χ0n) is 19.5. The van der Waals surface area contributed by atoms with Gasteiger partial charge in [0.05, 0.1) is 18.2 Å².